The lowest BCUT2D eigenvalue weighted by Gasteiger charge is -2.42. The van der Waals surface area contributed by atoms with Crippen LogP contribution in [0.1, 0.15) is 44.7 Å². The van der Waals surface area contributed by atoms with E-state index in [0.29, 0.717) is 6.54 Å². The number of hydrogen-bond acceptors (Lipinski definition) is 3. The zero-order valence-corrected chi connectivity index (χ0v) is 34.0. The monoisotopic (exact) mass is 764 g/mol. The Morgan fingerprint density at radius 2 is 1.41 bits per heavy atom. The highest BCUT2D eigenvalue weighted by Gasteiger charge is 2.37. The number of aromatic nitrogens is 1. The number of para-hydroxylation sites is 3. The van der Waals surface area contributed by atoms with Crippen molar-refractivity contribution in [1.29, 1.82) is 0 Å². The first kappa shape index (κ1) is 37.5. The molecule has 2 heterocycles. The molecular weight excluding hydrogens is 717 g/mol. The minimum Gasteiger partial charge on any atom is -0.310 e. The summed E-state index contributed by atoms with van der Waals surface area (Å²) >= 11 is 0. The molecule has 7 aromatic carbocycles. The number of aliphatic imine (C=N–C) groups is 2. The Hall–Kier alpha value is -7.04. The van der Waals surface area contributed by atoms with Crippen molar-refractivity contribution in [2.45, 2.75) is 39.0 Å². The van der Waals surface area contributed by atoms with Crippen LogP contribution in [-0.2, 0) is 5.41 Å². The molecule has 0 amide bonds. The van der Waals surface area contributed by atoms with Crippen molar-refractivity contribution in [3.8, 4) is 11.1 Å². The highest BCUT2D eigenvalue weighted by atomic mass is 15.2. The third-order valence-electron chi connectivity index (χ3n) is 11.7. The molecule has 8 aromatic rings. The predicted octanol–water partition coefficient (Wildman–Crippen LogP) is 14.6. The van der Waals surface area contributed by atoms with E-state index in [0.717, 1.165) is 52.2 Å². The van der Waals surface area contributed by atoms with Crippen molar-refractivity contribution in [1.82, 2.24) is 4.57 Å². The number of hydrogen-bond donors (Lipinski definition) is 0. The summed E-state index contributed by atoms with van der Waals surface area (Å²) in [5, 5.41) is 4.83. The van der Waals surface area contributed by atoms with E-state index < -0.39 is 0 Å². The van der Waals surface area contributed by atoms with Crippen LogP contribution in [0.4, 0.5) is 17.1 Å². The maximum absolute atomic E-state index is 4.98. The fraction of sp³-hybridized carbons (Fsp3) is 0.127. The lowest BCUT2D eigenvalue weighted by atomic mass is 9.73. The highest BCUT2D eigenvalue weighted by Crippen LogP contribution is 2.53. The van der Waals surface area contributed by atoms with Gasteiger partial charge in [0.05, 0.1) is 28.1 Å². The Labute approximate surface area is 347 Å². The van der Waals surface area contributed by atoms with Gasteiger partial charge in [-0.2, -0.15) is 0 Å². The van der Waals surface area contributed by atoms with Crippen LogP contribution in [0.2, 0.25) is 0 Å². The maximum Gasteiger partial charge on any atom is 0.138 e. The van der Waals surface area contributed by atoms with E-state index in [1.807, 2.05) is 36.4 Å². The number of rotatable bonds is 7. The van der Waals surface area contributed by atoms with Crippen molar-refractivity contribution < 1.29 is 0 Å². The van der Waals surface area contributed by atoms with E-state index in [9.17, 15) is 0 Å². The van der Waals surface area contributed by atoms with Crippen LogP contribution < -0.4 is 4.90 Å². The normalized spacial score (nSPS) is 14.7. The van der Waals surface area contributed by atoms with Gasteiger partial charge in [-0.1, -0.05) is 159 Å². The van der Waals surface area contributed by atoms with Crippen LogP contribution in [-0.4, -0.2) is 23.5 Å². The number of fused-ring (bicyclic) bond motifs is 7. The zero-order valence-electron chi connectivity index (χ0n) is 34.0. The Bertz CT molecular complexity index is 2930. The second-order valence-electron chi connectivity index (χ2n) is 15.6. The van der Waals surface area contributed by atoms with Gasteiger partial charge in [0.15, 0.2) is 0 Å². The van der Waals surface area contributed by atoms with E-state index >= 15 is 0 Å². The average molecular weight is 765 g/mol. The van der Waals surface area contributed by atoms with Gasteiger partial charge in [0.2, 0.25) is 0 Å². The Morgan fingerprint density at radius 1 is 0.712 bits per heavy atom. The summed E-state index contributed by atoms with van der Waals surface area (Å²) in [6, 6.07) is 58.4. The van der Waals surface area contributed by atoms with Gasteiger partial charge in [-0.25, -0.2) is 4.99 Å². The van der Waals surface area contributed by atoms with Crippen LogP contribution in [0.5, 0.6) is 0 Å². The molecule has 10 rings (SSSR count). The molecule has 2 aliphatic rings. The van der Waals surface area contributed by atoms with E-state index in [2.05, 4.69) is 189 Å². The van der Waals surface area contributed by atoms with Gasteiger partial charge in [-0.3, -0.25) is 9.56 Å². The molecule has 0 saturated heterocycles. The number of allylic oxidation sites excluding steroid dienone is 5. The lowest BCUT2D eigenvalue weighted by molar-refractivity contribution is 0.632. The summed E-state index contributed by atoms with van der Waals surface area (Å²) in [7, 11) is 0. The SMILES string of the molecule is C=N/C(=C\C(=NCC)C1=CC=CCC1)n1c2ccc3ccccc3c2c2cccc(-c3ccc4c(c3)C(C)(C)c3ccccc3N4c3ccccc3)c21.c1ccccc1. The van der Waals surface area contributed by atoms with Gasteiger partial charge in [0, 0.05) is 40.1 Å². The van der Waals surface area contributed by atoms with Crippen molar-refractivity contribution >= 4 is 67.9 Å². The van der Waals surface area contributed by atoms with Gasteiger partial charge in [0.1, 0.15) is 5.82 Å². The summed E-state index contributed by atoms with van der Waals surface area (Å²) in [5.41, 5.74) is 12.6. The third kappa shape index (κ3) is 6.81. The van der Waals surface area contributed by atoms with Gasteiger partial charge in [-0.05, 0) is 95.9 Å². The summed E-state index contributed by atoms with van der Waals surface area (Å²) in [5.74, 6) is 0.762. The van der Waals surface area contributed by atoms with Gasteiger partial charge >= 0.3 is 0 Å². The number of benzene rings is 7. The molecule has 0 N–H and O–H groups in total. The first-order chi connectivity index (χ1) is 29.0. The summed E-state index contributed by atoms with van der Waals surface area (Å²) in [6.07, 6.45) is 10.6. The summed E-state index contributed by atoms with van der Waals surface area (Å²) in [6.45, 7) is 11.6. The molecule has 4 heteroatoms. The van der Waals surface area contributed by atoms with Crippen LogP contribution in [0.3, 0.4) is 0 Å². The highest BCUT2D eigenvalue weighted by molar-refractivity contribution is 6.24. The van der Waals surface area contributed by atoms with E-state index in [4.69, 9.17) is 9.98 Å². The molecule has 0 spiro atoms. The molecule has 0 radical (unpaired) electrons. The smallest absolute Gasteiger partial charge is 0.138 e. The van der Waals surface area contributed by atoms with Crippen LogP contribution in [0.15, 0.2) is 204 Å². The molecule has 0 bridgehead atoms. The Morgan fingerprint density at radius 3 is 2.15 bits per heavy atom. The van der Waals surface area contributed by atoms with Crippen LogP contribution in [0, 0.1) is 0 Å². The quantitative estimate of drug-likeness (QED) is 0.149. The Balaban J connectivity index is 0.000000689. The first-order valence-electron chi connectivity index (χ1n) is 20.6. The number of anilines is 3. The second-order valence-corrected chi connectivity index (χ2v) is 15.6. The van der Waals surface area contributed by atoms with E-state index in [1.54, 1.807) is 0 Å². The largest absolute Gasteiger partial charge is 0.310 e. The molecule has 288 valence electrons. The molecule has 1 aliphatic carbocycles. The fourth-order valence-corrected chi connectivity index (χ4v) is 8.95. The molecule has 0 atom stereocenters. The molecule has 0 fully saturated rings. The van der Waals surface area contributed by atoms with Crippen LogP contribution >= 0.6 is 0 Å². The van der Waals surface area contributed by atoms with Crippen molar-refractivity contribution in [2.24, 2.45) is 9.98 Å². The molecule has 0 unspecified atom stereocenters. The minimum atomic E-state index is -0.231. The zero-order chi connectivity index (χ0) is 40.3. The van der Waals surface area contributed by atoms with Crippen molar-refractivity contribution in [2.75, 3.05) is 11.4 Å². The standard InChI is InChI=1S/C49H42N4.C6H6/c1-5-51-42(34-18-8-6-9-19-34)32-46(50-4)53-45-30-27-33-17-12-13-22-37(33)47(45)39-24-16-23-38(48(39)53)35-28-29-44-41(31-35)49(2,3)40-25-14-15-26-43(40)52(44)36-20-10-7-11-21-36;1-2-4-6-5-3-1/h6-8,10-18,20-32H,4-5,9,19H2,1-3H3;1-6H/b46-32+,51-42?;. The minimum absolute atomic E-state index is 0.231. The molecule has 4 nitrogen and oxygen atoms in total. The third-order valence-corrected chi connectivity index (χ3v) is 11.7. The van der Waals surface area contributed by atoms with Crippen molar-refractivity contribution in [3.63, 3.8) is 0 Å². The average Bonchev–Trinajstić information content (AvgIpc) is 3.64. The molecule has 0 saturated carbocycles. The number of nitrogens with zero attached hydrogens (tertiary/aromatic N) is 4. The van der Waals surface area contributed by atoms with Gasteiger partial charge in [-0.15, -0.1) is 0 Å². The van der Waals surface area contributed by atoms with E-state index in [1.165, 1.54) is 49.6 Å². The molecule has 1 aromatic heterocycles. The Kier molecular flexibility index (Phi) is 10.2. The van der Waals surface area contributed by atoms with Crippen molar-refractivity contribution in [3.05, 3.63) is 205 Å². The van der Waals surface area contributed by atoms with Gasteiger partial charge < -0.3 is 4.90 Å². The molecular formula is C55H48N4. The first-order valence-corrected chi connectivity index (χ1v) is 20.6. The molecule has 59 heavy (non-hydrogen) atoms. The summed E-state index contributed by atoms with van der Waals surface area (Å²) in [4.78, 5) is 12.2. The van der Waals surface area contributed by atoms with Gasteiger partial charge in [0.25, 0.3) is 0 Å². The topological polar surface area (TPSA) is 32.9 Å². The van der Waals surface area contributed by atoms with E-state index in [-0.39, 0.29) is 5.41 Å². The second kappa shape index (κ2) is 16.1. The lowest BCUT2D eigenvalue weighted by Crippen LogP contribution is -2.30. The van der Waals surface area contributed by atoms with Crippen LogP contribution in [0.25, 0.3) is 49.5 Å². The maximum atomic E-state index is 4.98. The summed E-state index contributed by atoms with van der Waals surface area (Å²) < 4.78 is 2.32. The molecule has 1 aliphatic heterocycles. The predicted molar refractivity (Wildman–Crippen MR) is 254 cm³/mol. The fourth-order valence-electron chi connectivity index (χ4n) is 8.95.